The predicted molar refractivity (Wildman–Crippen MR) is 71.5 cm³/mol. The molecule has 0 aliphatic heterocycles. The zero-order chi connectivity index (χ0) is 12.7. The summed E-state index contributed by atoms with van der Waals surface area (Å²) >= 11 is 0. The fourth-order valence-electron chi connectivity index (χ4n) is 1.67. The van der Waals surface area contributed by atoms with Crippen LogP contribution in [0.5, 0.6) is 0 Å². The first-order valence-corrected chi connectivity index (χ1v) is 10.5. The van der Waals surface area contributed by atoms with Gasteiger partial charge in [0.2, 0.25) is 7.37 Å². The van der Waals surface area contributed by atoms with Gasteiger partial charge in [-0.2, -0.15) is 0 Å². The third-order valence-corrected chi connectivity index (χ3v) is 8.92. The van der Waals surface area contributed by atoms with Gasteiger partial charge in [0, 0.05) is 10.3 Å². The third kappa shape index (κ3) is 3.72. The Bertz CT molecular complexity index is 248. The van der Waals surface area contributed by atoms with Crippen LogP contribution in [0.2, 0.25) is 19.6 Å². The molecule has 2 nitrogen and oxygen atoms in total. The Balaban J connectivity index is 5.37. The molecule has 4 heteroatoms. The van der Waals surface area contributed by atoms with E-state index in [-0.39, 0.29) is 10.3 Å². The van der Waals surface area contributed by atoms with Crippen molar-refractivity contribution in [1.82, 2.24) is 0 Å². The Hall–Kier alpha value is 0.407. The molecule has 0 aliphatic rings. The zero-order valence-corrected chi connectivity index (χ0v) is 13.7. The highest BCUT2D eigenvalue weighted by Crippen LogP contribution is 2.68. The molecule has 0 bridgehead atoms. The van der Waals surface area contributed by atoms with Crippen molar-refractivity contribution in [1.29, 1.82) is 0 Å². The maximum absolute atomic E-state index is 13.1. The van der Waals surface area contributed by atoms with Crippen LogP contribution in [0, 0.1) is 0 Å². The van der Waals surface area contributed by atoms with Crippen molar-refractivity contribution >= 4 is 15.7 Å². The first kappa shape index (κ1) is 15.4. The summed E-state index contributed by atoms with van der Waals surface area (Å²) in [5.41, 5.74) is 0. The van der Waals surface area contributed by atoms with Gasteiger partial charge in [-0.05, 0) is 19.6 Å². The number of hydrogen-bond donors (Lipinski definition) is 0. The average Bonchev–Trinajstić information content (AvgIpc) is 1.77. The van der Waals surface area contributed by atoms with E-state index in [1.807, 2.05) is 41.5 Å². The van der Waals surface area contributed by atoms with Gasteiger partial charge in [0.05, 0.1) is 0 Å². The van der Waals surface area contributed by atoms with Crippen molar-refractivity contribution in [2.24, 2.45) is 0 Å². The molecule has 0 aromatic rings. The number of rotatable bonds is 2. The van der Waals surface area contributed by atoms with Crippen LogP contribution >= 0.6 is 7.37 Å². The SMILES string of the molecule is CC(C)(C)P(=O)(O[Si](C)(C)C)C(C)(C)C. The van der Waals surface area contributed by atoms with E-state index in [0.717, 1.165) is 0 Å². The van der Waals surface area contributed by atoms with E-state index in [0.29, 0.717) is 0 Å². The summed E-state index contributed by atoms with van der Waals surface area (Å²) in [4.78, 5) is 0. The second-order valence-corrected chi connectivity index (χ2v) is 15.8. The van der Waals surface area contributed by atoms with E-state index in [2.05, 4.69) is 19.6 Å². The summed E-state index contributed by atoms with van der Waals surface area (Å²) in [6.07, 6.45) is 0. The van der Waals surface area contributed by atoms with E-state index in [1.165, 1.54) is 0 Å². The molecule has 0 saturated carbocycles. The highest BCUT2D eigenvalue weighted by Gasteiger charge is 2.49. The Morgan fingerprint density at radius 3 is 1.20 bits per heavy atom. The standard InChI is InChI=1S/C11H27O2PSi/c1-10(2,3)14(12,11(4,5)6)13-15(7,8)9/h1-9H3. The Kier molecular flexibility index (Phi) is 4.12. The quantitative estimate of drug-likeness (QED) is 0.524. The van der Waals surface area contributed by atoms with Gasteiger partial charge in [-0.1, -0.05) is 41.5 Å². The Labute approximate surface area is 96.4 Å². The van der Waals surface area contributed by atoms with E-state index in [4.69, 9.17) is 4.21 Å². The van der Waals surface area contributed by atoms with Crippen LogP contribution in [-0.4, -0.2) is 18.6 Å². The maximum Gasteiger partial charge on any atom is 0.204 e. The Morgan fingerprint density at radius 2 is 1.13 bits per heavy atom. The van der Waals surface area contributed by atoms with Gasteiger partial charge in [-0.15, -0.1) is 0 Å². The maximum atomic E-state index is 13.1. The van der Waals surface area contributed by atoms with Crippen LogP contribution in [0.25, 0.3) is 0 Å². The molecule has 0 rings (SSSR count). The van der Waals surface area contributed by atoms with Gasteiger partial charge in [0.25, 0.3) is 0 Å². The molecule has 0 radical (unpaired) electrons. The van der Waals surface area contributed by atoms with Crippen molar-refractivity contribution < 1.29 is 8.78 Å². The van der Waals surface area contributed by atoms with E-state index < -0.39 is 15.7 Å². The zero-order valence-electron chi connectivity index (χ0n) is 11.8. The van der Waals surface area contributed by atoms with Crippen LogP contribution in [0.4, 0.5) is 0 Å². The summed E-state index contributed by atoms with van der Waals surface area (Å²) in [5, 5.41) is -0.572. The molecular formula is C11H27O2PSi. The second kappa shape index (κ2) is 4.01. The van der Waals surface area contributed by atoms with Crippen LogP contribution < -0.4 is 0 Å². The fraction of sp³-hybridized carbons (Fsp3) is 1.00. The van der Waals surface area contributed by atoms with Crippen molar-refractivity contribution in [3.8, 4) is 0 Å². The normalized spacial score (nSPS) is 15.5. The summed E-state index contributed by atoms with van der Waals surface area (Å²) in [7, 11) is -4.42. The summed E-state index contributed by atoms with van der Waals surface area (Å²) in [6, 6.07) is 0. The minimum absolute atomic E-state index is 0.286. The number of hydrogen-bond acceptors (Lipinski definition) is 2. The molecule has 92 valence electrons. The molecule has 0 unspecified atom stereocenters. The van der Waals surface area contributed by atoms with E-state index in [9.17, 15) is 4.57 Å². The van der Waals surface area contributed by atoms with Gasteiger partial charge in [-0.25, -0.2) is 0 Å². The molecule has 0 fully saturated rings. The van der Waals surface area contributed by atoms with Gasteiger partial charge < -0.3 is 4.21 Å². The van der Waals surface area contributed by atoms with Crippen LogP contribution in [-0.2, 0) is 8.78 Å². The molecule has 0 spiro atoms. The molecule has 0 aliphatic carbocycles. The topological polar surface area (TPSA) is 26.3 Å². The molecule has 0 saturated heterocycles. The molecule has 0 N–H and O–H groups in total. The van der Waals surface area contributed by atoms with Crippen molar-refractivity contribution in [3.63, 3.8) is 0 Å². The minimum atomic E-state index is -2.65. The fourth-order valence-corrected chi connectivity index (χ4v) is 8.95. The highest BCUT2D eigenvalue weighted by molar-refractivity contribution is 7.63. The average molecular weight is 250 g/mol. The van der Waals surface area contributed by atoms with Gasteiger partial charge in [0.1, 0.15) is 0 Å². The highest BCUT2D eigenvalue weighted by atomic mass is 31.2. The first-order chi connectivity index (χ1) is 6.21. The van der Waals surface area contributed by atoms with E-state index in [1.54, 1.807) is 0 Å². The molecule has 0 heterocycles. The lowest BCUT2D eigenvalue weighted by Gasteiger charge is -2.43. The van der Waals surface area contributed by atoms with Gasteiger partial charge in [-0.3, -0.25) is 4.57 Å². The van der Waals surface area contributed by atoms with Crippen molar-refractivity contribution in [2.75, 3.05) is 0 Å². The lowest BCUT2D eigenvalue weighted by Crippen LogP contribution is -2.36. The molecule has 0 aromatic heterocycles. The molecule has 0 atom stereocenters. The molecular weight excluding hydrogens is 223 g/mol. The summed E-state index contributed by atoms with van der Waals surface area (Å²) < 4.78 is 19.1. The lowest BCUT2D eigenvalue weighted by atomic mass is 10.2. The monoisotopic (exact) mass is 250 g/mol. The van der Waals surface area contributed by atoms with Gasteiger partial charge in [0.15, 0.2) is 8.32 Å². The van der Waals surface area contributed by atoms with Crippen LogP contribution in [0.3, 0.4) is 0 Å². The van der Waals surface area contributed by atoms with Crippen molar-refractivity contribution in [2.45, 2.75) is 71.5 Å². The predicted octanol–water partition coefficient (Wildman–Crippen LogP) is 4.71. The first-order valence-electron chi connectivity index (χ1n) is 5.52. The smallest absolute Gasteiger partial charge is 0.204 e. The molecule has 0 aromatic carbocycles. The van der Waals surface area contributed by atoms with Crippen LogP contribution in [0.15, 0.2) is 0 Å². The minimum Gasteiger partial charge on any atom is -0.369 e. The lowest BCUT2D eigenvalue weighted by molar-refractivity contribution is 0.417. The van der Waals surface area contributed by atoms with Crippen LogP contribution in [0.1, 0.15) is 41.5 Å². The van der Waals surface area contributed by atoms with E-state index >= 15 is 0 Å². The summed E-state index contributed by atoms with van der Waals surface area (Å²) in [5.74, 6) is 0. The second-order valence-electron chi connectivity index (χ2n) is 7.10. The third-order valence-electron chi connectivity index (χ3n) is 2.17. The Morgan fingerprint density at radius 1 is 0.867 bits per heavy atom. The van der Waals surface area contributed by atoms with Crippen molar-refractivity contribution in [3.05, 3.63) is 0 Å². The largest absolute Gasteiger partial charge is 0.369 e. The summed E-state index contributed by atoms with van der Waals surface area (Å²) in [6.45, 7) is 18.4. The molecule has 15 heavy (non-hydrogen) atoms. The van der Waals surface area contributed by atoms with Gasteiger partial charge >= 0.3 is 0 Å². The molecule has 0 amide bonds.